The summed E-state index contributed by atoms with van der Waals surface area (Å²) in [6.45, 7) is 1.20. The van der Waals surface area contributed by atoms with E-state index in [1.54, 1.807) is 24.1 Å². The molecule has 0 N–H and O–H groups in total. The van der Waals surface area contributed by atoms with Crippen LogP contribution in [0.4, 0.5) is 0 Å². The predicted molar refractivity (Wildman–Crippen MR) is 90.4 cm³/mol. The molecule has 0 radical (unpaired) electrons. The third-order valence-corrected chi connectivity index (χ3v) is 4.11. The minimum absolute atomic E-state index is 0.179. The van der Waals surface area contributed by atoms with Gasteiger partial charge in [0.25, 0.3) is 5.91 Å². The van der Waals surface area contributed by atoms with Crippen LogP contribution in [0.1, 0.15) is 16.7 Å². The zero-order valence-electron chi connectivity index (χ0n) is 12.8. The standard InChI is InChI=1S/C19H16ClNO2/c1-23-18-7-3-5-15-10-11-21(13-17(15)18)19(22)9-8-14-4-2-6-16(20)12-14/h2-7,12H,10-11,13H2,1H3. The topological polar surface area (TPSA) is 29.5 Å². The van der Waals surface area contributed by atoms with Crippen molar-refractivity contribution in [3.8, 4) is 17.6 Å². The molecule has 1 amide bonds. The van der Waals surface area contributed by atoms with Crippen LogP contribution in [0.5, 0.6) is 5.75 Å². The van der Waals surface area contributed by atoms with E-state index >= 15 is 0 Å². The highest BCUT2D eigenvalue weighted by molar-refractivity contribution is 6.30. The lowest BCUT2D eigenvalue weighted by Crippen LogP contribution is -2.35. The van der Waals surface area contributed by atoms with Gasteiger partial charge >= 0.3 is 0 Å². The van der Waals surface area contributed by atoms with Crippen molar-refractivity contribution >= 4 is 17.5 Å². The number of amides is 1. The van der Waals surface area contributed by atoms with Crippen molar-refractivity contribution in [1.29, 1.82) is 0 Å². The maximum Gasteiger partial charge on any atom is 0.299 e. The predicted octanol–water partition coefficient (Wildman–Crippen LogP) is 3.29. The zero-order chi connectivity index (χ0) is 16.2. The summed E-state index contributed by atoms with van der Waals surface area (Å²) in [4.78, 5) is 14.1. The normalized spacial score (nSPS) is 12.9. The number of methoxy groups -OCH3 is 1. The Balaban J connectivity index is 1.77. The highest BCUT2D eigenvalue weighted by Crippen LogP contribution is 2.27. The lowest BCUT2D eigenvalue weighted by Gasteiger charge is -2.28. The van der Waals surface area contributed by atoms with Gasteiger partial charge in [0.1, 0.15) is 5.75 Å². The molecule has 0 spiro atoms. The lowest BCUT2D eigenvalue weighted by molar-refractivity contribution is -0.125. The van der Waals surface area contributed by atoms with Gasteiger partial charge in [0, 0.05) is 28.6 Å². The molecule has 3 nitrogen and oxygen atoms in total. The molecule has 0 atom stereocenters. The van der Waals surface area contributed by atoms with Gasteiger partial charge in [-0.25, -0.2) is 0 Å². The van der Waals surface area contributed by atoms with Crippen molar-refractivity contribution in [2.75, 3.05) is 13.7 Å². The molecular formula is C19H16ClNO2. The smallest absolute Gasteiger partial charge is 0.299 e. The van der Waals surface area contributed by atoms with Crippen LogP contribution in [0.3, 0.4) is 0 Å². The maximum atomic E-state index is 12.3. The number of nitrogens with zero attached hydrogens (tertiary/aromatic N) is 1. The zero-order valence-corrected chi connectivity index (χ0v) is 13.6. The molecule has 3 rings (SSSR count). The van der Waals surface area contributed by atoms with Crippen molar-refractivity contribution in [2.45, 2.75) is 13.0 Å². The molecule has 23 heavy (non-hydrogen) atoms. The van der Waals surface area contributed by atoms with Crippen molar-refractivity contribution < 1.29 is 9.53 Å². The van der Waals surface area contributed by atoms with Gasteiger partial charge < -0.3 is 9.64 Å². The third kappa shape index (κ3) is 3.49. The molecule has 0 saturated carbocycles. The van der Waals surface area contributed by atoms with Gasteiger partial charge in [0.15, 0.2) is 0 Å². The Bertz CT molecular complexity index is 790. The Hall–Kier alpha value is -2.44. The summed E-state index contributed by atoms with van der Waals surface area (Å²) < 4.78 is 5.39. The van der Waals surface area contributed by atoms with Crippen LogP contribution in [0.25, 0.3) is 0 Å². The minimum Gasteiger partial charge on any atom is -0.496 e. The van der Waals surface area contributed by atoms with Gasteiger partial charge in [0.2, 0.25) is 0 Å². The monoisotopic (exact) mass is 325 g/mol. The van der Waals surface area contributed by atoms with Gasteiger partial charge in [0.05, 0.1) is 13.7 Å². The molecular weight excluding hydrogens is 310 g/mol. The summed E-state index contributed by atoms with van der Waals surface area (Å²) >= 11 is 5.92. The first-order valence-electron chi connectivity index (χ1n) is 7.38. The quantitative estimate of drug-likeness (QED) is 0.753. The fourth-order valence-electron chi connectivity index (χ4n) is 2.69. The first kappa shape index (κ1) is 15.5. The third-order valence-electron chi connectivity index (χ3n) is 3.88. The van der Waals surface area contributed by atoms with E-state index in [-0.39, 0.29) is 5.91 Å². The van der Waals surface area contributed by atoms with Gasteiger partial charge in [-0.2, -0.15) is 0 Å². The lowest BCUT2D eigenvalue weighted by atomic mass is 9.99. The highest BCUT2D eigenvalue weighted by Gasteiger charge is 2.22. The summed E-state index contributed by atoms with van der Waals surface area (Å²) in [7, 11) is 1.65. The molecule has 0 saturated heterocycles. The van der Waals surface area contributed by atoms with Crippen LogP contribution >= 0.6 is 11.6 Å². The van der Waals surface area contributed by atoms with E-state index < -0.39 is 0 Å². The summed E-state index contributed by atoms with van der Waals surface area (Å²) in [5, 5.41) is 0.612. The van der Waals surface area contributed by atoms with E-state index in [2.05, 4.69) is 17.9 Å². The molecule has 2 aromatic carbocycles. The number of hydrogen-bond acceptors (Lipinski definition) is 2. The first-order chi connectivity index (χ1) is 11.2. The Morgan fingerprint density at radius 2 is 2.09 bits per heavy atom. The number of carbonyl (C=O) groups excluding carboxylic acids is 1. The average Bonchev–Trinajstić information content (AvgIpc) is 2.58. The molecule has 0 fully saturated rings. The molecule has 0 unspecified atom stereocenters. The van der Waals surface area contributed by atoms with Gasteiger partial charge in [-0.05, 0) is 36.2 Å². The minimum atomic E-state index is -0.179. The molecule has 0 aromatic heterocycles. The molecule has 1 heterocycles. The molecule has 2 aromatic rings. The van der Waals surface area contributed by atoms with Gasteiger partial charge in [-0.3, -0.25) is 4.79 Å². The van der Waals surface area contributed by atoms with Crippen molar-refractivity contribution in [3.05, 3.63) is 64.2 Å². The summed E-state index contributed by atoms with van der Waals surface area (Å²) in [5.74, 6) is 6.22. The fraction of sp³-hybridized carbons (Fsp3) is 0.211. The molecule has 1 aliphatic heterocycles. The van der Waals surface area contributed by atoms with Crippen LogP contribution in [0, 0.1) is 11.8 Å². The van der Waals surface area contributed by atoms with Crippen molar-refractivity contribution in [2.24, 2.45) is 0 Å². The number of ether oxygens (including phenoxy) is 1. The van der Waals surface area contributed by atoms with Gasteiger partial charge in [-0.15, -0.1) is 0 Å². The molecule has 0 bridgehead atoms. The van der Waals surface area contributed by atoms with Crippen molar-refractivity contribution in [3.63, 3.8) is 0 Å². The number of halogens is 1. The van der Waals surface area contributed by atoms with Crippen LogP contribution in [0.2, 0.25) is 5.02 Å². The van der Waals surface area contributed by atoms with Crippen LogP contribution in [-0.4, -0.2) is 24.5 Å². The van der Waals surface area contributed by atoms with E-state index in [1.807, 2.05) is 24.3 Å². The molecule has 4 heteroatoms. The second-order valence-electron chi connectivity index (χ2n) is 5.34. The fourth-order valence-corrected chi connectivity index (χ4v) is 2.88. The van der Waals surface area contributed by atoms with Crippen LogP contribution in [0.15, 0.2) is 42.5 Å². The van der Waals surface area contributed by atoms with E-state index in [4.69, 9.17) is 16.3 Å². The largest absolute Gasteiger partial charge is 0.496 e. The van der Waals surface area contributed by atoms with Gasteiger partial charge in [-0.1, -0.05) is 35.7 Å². The second kappa shape index (κ2) is 6.76. The van der Waals surface area contributed by atoms with Crippen LogP contribution in [-0.2, 0) is 17.8 Å². The SMILES string of the molecule is COc1cccc2c1CN(C(=O)C#Cc1cccc(Cl)c1)CC2. The number of benzene rings is 2. The summed E-state index contributed by atoms with van der Waals surface area (Å²) in [5.41, 5.74) is 3.04. The number of carbonyl (C=O) groups is 1. The molecule has 1 aliphatic rings. The van der Waals surface area contributed by atoms with Crippen LogP contribution < -0.4 is 4.74 Å². The average molecular weight is 326 g/mol. The summed E-state index contributed by atoms with van der Waals surface area (Å²) in [6.07, 6.45) is 0.817. The van der Waals surface area contributed by atoms with E-state index in [9.17, 15) is 4.79 Å². The Labute approximate surface area is 140 Å². The molecule has 116 valence electrons. The first-order valence-corrected chi connectivity index (χ1v) is 7.76. The number of rotatable bonds is 1. The van der Waals surface area contributed by atoms with E-state index in [0.29, 0.717) is 18.1 Å². The second-order valence-corrected chi connectivity index (χ2v) is 5.77. The summed E-state index contributed by atoms with van der Waals surface area (Å²) in [6, 6.07) is 13.2. The maximum absolute atomic E-state index is 12.3. The number of hydrogen-bond donors (Lipinski definition) is 0. The van der Waals surface area contributed by atoms with Crippen molar-refractivity contribution in [1.82, 2.24) is 4.90 Å². The van der Waals surface area contributed by atoms with E-state index in [1.165, 1.54) is 5.56 Å². The van der Waals surface area contributed by atoms with E-state index in [0.717, 1.165) is 23.3 Å². The highest BCUT2D eigenvalue weighted by atomic mass is 35.5. The Morgan fingerprint density at radius 3 is 2.87 bits per heavy atom. The number of fused-ring (bicyclic) bond motifs is 1. The molecule has 0 aliphatic carbocycles. The Morgan fingerprint density at radius 1 is 1.26 bits per heavy atom. The Kier molecular flexibility index (Phi) is 4.55.